The summed E-state index contributed by atoms with van der Waals surface area (Å²) in [5.74, 6) is -0.154. The average molecular weight is 404 g/mol. The Morgan fingerprint density at radius 2 is 1.83 bits per heavy atom. The van der Waals surface area contributed by atoms with E-state index in [1.54, 1.807) is 13.3 Å². The maximum absolute atomic E-state index is 9.61. The molecule has 0 saturated carbocycles. The van der Waals surface area contributed by atoms with Gasteiger partial charge in [-0.1, -0.05) is 41.6 Å². The number of rotatable bonds is 8. The van der Waals surface area contributed by atoms with E-state index < -0.39 is 0 Å². The topological polar surface area (TPSA) is 58.0 Å². The zero-order chi connectivity index (χ0) is 21.5. The normalized spacial score (nSPS) is 12.6. The number of nitrogens with zero attached hydrogens (tertiary/aromatic N) is 3. The van der Waals surface area contributed by atoms with E-state index in [-0.39, 0.29) is 5.92 Å². The van der Waals surface area contributed by atoms with E-state index in [0.29, 0.717) is 12.3 Å². The molecule has 2 aromatic carbocycles. The summed E-state index contributed by atoms with van der Waals surface area (Å²) in [7, 11) is 3.77. The molecule has 1 N–H and O–H groups in total. The van der Waals surface area contributed by atoms with Crippen LogP contribution in [0, 0.1) is 6.92 Å². The van der Waals surface area contributed by atoms with Gasteiger partial charge in [-0.2, -0.15) is 0 Å². The number of pyridine rings is 1. The molecule has 0 spiro atoms. The van der Waals surface area contributed by atoms with Crippen molar-refractivity contribution < 1.29 is 9.94 Å². The molecule has 1 atom stereocenters. The van der Waals surface area contributed by atoms with Crippen molar-refractivity contribution in [3.05, 3.63) is 83.7 Å². The highest BCUT2D eigenvalue weighted by atomic mass is 16.5. The van der Waals surface area contributed by atoms with Crippen LogP contribution in [0.2, 0.25) is 0 Å². The van der Waals surface area contributed by atoms with Gasteiger partial charge in [0.1, 0.15) is 0 Å². The number of hydrogen-bond donors (Lipinski definition) is 1. The van der Waals surface area contributed by atoms with Gasteiger partial charge in [-0.15, -0.1) is 0 Å². The van der Waals surface area contributed by atoms with Crippen molar-refractivity contribution in [2.75, 3.05) is 32.2 Å². The van der Waals surface area contributed by atoms with E-state index >= 15 is 0 Å². The van der Waals surface area contributed by atoms with Gasteiger partial charge in [0.2, 0.25) is 0 Å². The number of benzene rings is 2. The third kappa shape index (κ3) is 4.69. The smallest absolute Gasteiger partial charge is 0.0658 e. The predicted molar refractivity (Wildman–Crippen MR) is 123 cm³/mol. The van der Waals surface area contributed by atoms with Crippen molar-refractivity contribution in [2.45, 2.75) is 19.8 Å². The van der Waals surface area contributed by atoms with E-state index in [1.807, 2.05) is 31.3 Å². The molecule has 1 heterocycles. The van der Waals surface area contributed by atoms with Crippen molar-refractivity contribution in [2.24, 2.45) is 5.16 Å². The molecule has 0 aliphatic heterocycles. The van der Waals surface area contributed by atoms with Gasteiger partial charge < -0.3 is 14.8 Å². The zero-order valence-electron chi connectivity index (χ0n) is 18.0. The molecule has 0 amide bonds. The number of aryl methyl sites for hydroxylation is 1. The molecule has 0 radical (unpaired) electrons. The quantitative estimate of drug-likeness (QED) is 0.322. The summed E-state index contributed by atoms with van der Waals surface area (Å²) in [5.41, 5.74) is 7.22. The molecule has 156 valence electrons. The number of hydrogen-bond acceptors (Lipinski definition) is 5. The number of likely N-dealkylation sites (N-methyl/N-ethyl adjacent to an activating group) is 1. The van der Waals surface area contributed by atoms with Crippen molar-refractivity contribution in [3.63, 3.8) is 0 Å². The van der Waals surface area contributed by atoms with Crippen LogP contribution in [0.15, 0.2) is 72.1 Å². The van der Waals surface area contributed by atoms with Gasteiger partial charge in [-0.3, -0.25) is 4.98 Å². The summed E-state index contributed by atoms with van der Waals surface area (Å²) < 4.78 is 5.17. The summed E-state index contributed by atoms with van der Waals surface area (Å²) >= 11 is 0. The maximum atomic E-state index is 9.61. The van der Waals surface area contributed by atoms with Crippen LogP contribution in [0.4, 0.5) is 5.69 Å². The van der Waals surface area contributed by atoms with Crippen LogP contribution in [0.5, 0.6) is 0 Å². The Kier molecular flexibility index (Phi) is 7.20. The number of anilines is 1. The molecular weight excluding hydrogens is 374 g/mol. The molecule has 5 heteroatoms. The van der Waals surface area contributed by atoms with Gasteiger partial charge in [0, 0.05) is 44.3 Å². The van der Waals surface area contributed by atoms with Crippen LogP contribution >= 0.6 is 0 Å². The monoisotopic (exact) mass is 403 g/mol. The van der Waals surface area contributed by atoms with Crippen molar-refractivity contribution in [3.8, 4) is 11.1 Å². The number of ether oxygens (including phenoxy) is 1. The molecule has 0 fully saturated rings. The molecule has 3 aromatic rings. The molecule has 3 rings (SSSR count). The minimum absolute atomic E-state index is 0.154. The summed E-state index contributed by atoms with van der Waals surface area (Å²) in [6.45, 7) is 5.45. The van der Waals surface area contributed by atoms with E-state index in [0.717, 1.165) is 40.0 Å². The first-order valence-corrected chi connectivity index (χ1v) is 10.0. The highest BCUT2D eigenvalue weighted by molar-refractivity contribution is 5.93. The minimum Gasteiger partial charge on any atom is -0.411 e. The molecule has 0 aliphatic rings. The van der Waals surface area contributed by atoms with Gasteiger partial charge in [0.15, 0.2) is 0 Å². The van der Waals surface area contributed by atoms with Crippen LogP contribution in [0.3, 0.4) is 0 Å². The first-order chi connectivity index (χ1) is 14.6. The van der Waals surface area contributed by atoms with Crippen LogP contribution in [0.1, 0.15) is 29.5 Å². The van der Waals surface area contributed by atoms with Crippen LogP contribution in [0.25, 0.3) is 11.1 Å². The second-order valence-corrected chi connectivity index (χ2v) is 7.46. The first kappa shape index (κ1) is 21.5. The molecule has 30 heavy (non-hydrogen) atoms. The van der Waals surface area contributed by atoms with Gasteiger partial charge in [-0.25, -0.2) is 0 Å². The highest BCUT2D eigenvalue weighted by Crippen LogP contribution is 2.35. The molecule has 0 saturated heterocycles. The standard InChI is InChI=1S/C25H29N3O2/c1-18-7-5-6-8-22(18)25(19(2)27-29)23-13-14-26-17-24(23)20-9-11-21(12-10-20)28(3)15-16-30-4/h5-14,17,25,29H,15-16H2,1-4H3/b27-19-. The Balaban J connectivity index is 2.04. The fraction of sp³-hybridized carbons (Fsp3) is 0.280. The highest BCUT2D eigenvalue weighted by Gasteiger charge is 2.23. The van der Waals surface area contributed by atoms with Crippen molar-refractivity contribution in [1.82, 2.24) is 4.98 Å². The van der Waals surface area contributed by atoms with Crippen LogP contribution < -0.4 is 4.90 Å². The van der Waals surface area contributed by atoms with Gasteiger partial charge in [-0.05, 0) is 54.3 Å². The number of aromatic nitrogens is 1. The maximum Gasteiger partial charge on any atom is 0.0658 e. The fourth-order valence-corrected chi connectivity index (χ4v) is 3.74. The molecule has 1 aromatic heterocycles. The largest absolute Gasteiger partial charge is 0.411 e. The minimum atomic E-state index is -0.154. The lowest BCUT2D eigenvalue weighted by molar-refractivity contribution is 0.206. The van der Waals surface area contributed by atoms with E-state index in [4.69, 9.17) is 4.74 Å². The summed E-state index contributed by atoms with van der Waals surface area (Å²) in [6, 6.07) is 18.7. The lowest BCUT2D eigenvalue weighted by Crippen LogP contribution is -2.21. The Morgan fingerprint density at radius 1 is 1.10 bits per heavy atom. The van der Waals surface area contributed by atoms with Crippen molar-refractivity contribution >= 4 is 11.4 Å². The fourth-order valence-electron chi connectivity index (χ4n) is 3.74. The molecule has 0 bridgehead atoms. The lowest BCUT2D eigenvalue weighted by Gasteiger charge is -2.23. The first-order valence-electron chi connectivity index (χ1n) is 10.0. The molecule has 1 unspecified atom stereocenters. The van der Waals surface area contributed by atoms with Gasteiger partial charge in [0.05, 0.1) is 18.2 Å². The average Bonchev–Trinajstić information content (AvgIpc) is 2.79. The Morgan fingerprint density at radius 3 is 2.50 bits per heavy atom. The molecular formula is C25H29N3O2. The lowest BCUT2D eigenvalue weighted by atomic mass is 9.82. The van der Waals surface area contributed by atoms with Gasteiger partial charge >= 0.3 is 0 Å². The number of methoxy groups -OCH3 is 1. The van der Waals surface area contributed by atoms with Crippen molar-refractivity contribution in [1.29, 1.82) is 0 Å². The van der Waals surface area contributed by atoms with E-state index in [1.165, 1.54) is 0 Å². The third-order valence-corrected chi connectivity index (χ3v) is 5.49. The van der Waals surface area contributed by atoms with E-state index in [2.05, 4.69) is 65.4 Å². The zero-order valence-corrected chi connectivity index (χ0v) is 18.0. The Hall–Kier alpha value is -3.18. The second kappa shape index (κ2) is 10.0. The Bertz CT molecular complexity index is 999. The number of oxime groups is 1. The SMILES string of the molecule is COCCN(C)c1ccc(-c2cnccc2C(/C(C)=N\O)c2ccccc2C)cc1. The molecule has 0 aliphatic carbocycles. The van der Waals surface area contributed by atoms with Crippen LogP contribution in [-0.4, -0.2) is 43.2 Å². The second-order valence-electron chi connectivity index (χ2n) is 7.46. The summed E-state index contributed by atoms with van der Waals surface area (Å²) in [4.78, 5) is 6.54. The predicted octanol–water partition coefficient (Wildman–Crippen LogP) is 5.12. The Labute approximate surface area is 178 Å². The molecule has 5 nitrogen and oxygen atoms in total. The third-order valence-electron chi connectivity index (χ3n) is 5.49. The van der Waals surface area contributed by atoms with Crippen LogP contribution in [-0.2, 0) is 4.74 Å². The summed E-state index contributed by atoms with van der Waals surface area (Å²) in [5, 5.41) is 13.2. The van der Waals surface area contributed by atoms with Gasteiger partial charge in [0.25, 0.3) is 0 Å². The van der Waals surface area contributed by atoms with E-state index in [9.17, 15) is 5.21 Å². The summed E-state index contributed by atoms with van der Waals surface area (Å²) in [6.07, 6.45) is 3.68.